The monoisotopic (exact) mass is 468 g/mol. The van der Waals surface area contributed by atoms with E-state index in [0.29, 0.717) is 28.3 Å². The SMILES string of the molecule is COc1ccc(Br)cc1-c1cc(-c2ccc(OC)c(S(N)(=O)=O)c2OC)no1. The van der Waals surface area contributed by atoms with Crippen LogP contribution < -0.4 is 19.3 Å². The maximum atomic E-state index is 12.1. The van der Waals surface area contributed by atoms with Gasteiger partial charge in [-0.25, -0.2) is 13.6 Å². The second-order valence-electron chi connectivity index (χ2n) is 5.64. The molecule has 2 aromatic carbocycles. The van der Waals surface area contributed by atoms with E-state index in [2.05, 4.69) is 21.1 Å². The third-order valence-corrected chi connectivity index (χ3v) is 5.45. The minimum Gasteiger partial charge on any atom is -0.496 e. The molecule has 0 saturated carbocycles. The number of halogens is 1. The highest BCUT2D eigenvalue weighted by Crippen LogP contribution is 2.42. The van der Waals surface area contributed by atoms with E-state index in [9.17, 15) is 8.42 Å². The molecule has 8 nitrogen and oxygen atoms in total. The van der Waals surface area contributed by atoms with Gasteiger partial charge in [-0.05, 0) is 30.3 Å². The fraction of sp³-hybridized carbons (Fsp3) is 0.167. The van der Waals surface area contributed by atoms with Crippen LogP contribution in [-0.2, 0) is 10.0 Å². The summed E-state index contributed by atoms with van der Waals surface area (Å²) in [6.45, 7) is 0. The standard InChI is InChI=1S/C18H17BrN2O6S/c1-24-14-6-4-10(19)8-12(14)16-9-13(21-27-16)11-5-7-15(25-2)18(17(11)26-3)28(20,22)23/h4-9H,1-3H3,(H2,20,22,23). The smallest absolute Gasteiger partial charge is 0.245 e. The number of benzene rings is 2. The van der Waals surface area contributed by atoms with Crippen molar-refractivity contribution in [2.24, 2.45) is 5.14 Å². The van der Waals surface area contributed by atoms with Crippen LogP contribution in [0.5, 0.6) is 17.2 Å². The lowest BCUT2D eigenvalue weighted by molar-refractivity contribution is 0.374. The van der Waals surface area contributed by atoms with Gasteiger partial charge in [0.25, 0.3) is 0 Å². The molecule has 0 fully saturated rings. The number of rotatable bonds is 6. The third-order valence-electron chi connectivity index (χ3n) is 4.00. The van der Waals surface area contributed by atoms with E-state index in [1.807, 2.05) is 12.1 Å². The first-order valence-corrected chi connectivity index (χ1v) is 10.2. The van der Waals surface area contributed by atoms with Gasteiger partial charge < -0.3 is 18.7 Å². The number of aromatic nitrogens is 1. The van der Waals surface area contributed by atoms with Crippen molar-refractivity contribution < 1.29 is 27.2 Å². The van der Waals surface area contributed by atoms with Crippen LogP contribution >= 0.6 is 15.9 Å². The van der Waals surface area contributed by atoms with Gasteiger partial charge in [0.1, 0.15) is 17.2 Å². The minimum atomic E-state index is -4.12. The van der Waals surface area contributed by atoms with Crippen molar-refractivity contribution in [1.82, 2.24) is 5.16 Å². The molecule has 1 aromatic heterocycles. The Morgan fingerprint density at radius 3 is 2.25 bits per heavy atom. The lowest BCUT2D eigenvalue weighted by atomic mass is 10.1. The van der Waals surface area contributed by atoms with Crippen LogP contribution in [0.25, 0.3) is 22.6 Å². The highest BCUT2D eigenvalue weighted by molar-refractivity contribution is 9.10. The van der Waals surface area contributed by atoms with Gasteiger partial charge in [0, 0.05) is 16.1 Å². The molecule has 0 aliphatic carbocycles. The van der Waals surface area contributed by atoms with Crippen molar-refractivity contribution in [2.75, 3.05) is 21.3 Å². The number of nitrogens with zero attached hydrogens (tertiary/aromatic N) is 1. The summed E-state index contributed by atoms with van der Waals surface area (Å²) in [5.74, 6) is 1.12. The first-order chi connectivity index (χ1) is 13.3. The summed E-state index contributed by atoms with van der Waals surface area (Å²) in [5, 5.41) is 9.41. The van der Waals surface area contributed by atoms with Crippen LogP contribution in [-0.4, -0.2) is 34.9 Å². The van der Waals surface area contributed by atoms with Gasteiger partial charge in [-0.15, -0.1) is 0 Å². The number of methoxy groups -OCH3 is 3. The van der Waals surface area contributed by atoms with Crippen LogP contribution in [0.4, 0.5) is 0 Å². The topological polar surface area (TPSA) is 114 Å². The highest BCUT2D eigenvalue weighted by Gasteiger charge is 2.26. The van der Waals surface area contributed by atoms with E-state index in [-0.39, 0.29) is 16.4 Å². The molecule has 0 unspecified atom stereocenters. The van der Waals surface area contributed by atoms with Crippen molar-refractivity contribution >= 4 is 26.0 Å². The minimum absolute atomic E-state index is 0.0166. The van der Waals surface area contributed by atoms with Crippen molar-refractivity contribution in [3.05, 3.63) is 40.9 Å². The molecular formula is C18H17BrN2O6S. The van der Waals surface area contributed by atoms with Gasteiger partial charge in [0.15, 0.2) is 16.4 Å². The zero-order valence-corrected chi connectivity index (χ0v) is 17.6. The average molecular weight is 469 g/mol. The summed E-state index contributed by atoms with van der Waals surface area (Å²) >= 11 is 3.41. The first kappa shape index (κ1) is 20.2. The molecule has 0 aliphatic heterocycles. The quantitative estimate of drug-likeness (QED) is 0.588. The summed E-state index contributed by atoms with van der Waals surface area (Å²) in [6.07, 6.45) is 0. The Hall–Kier alpha value is -2.56. The van der Waals surface area contributed by atoms with Crippen molar-refractivity contribution in [3.8, 4) is 39.8 Å². The summed E-state index contributed by atoms with van der Waals surface area (Å²) in [4.78, 5) is -0.264. The second kappa shape index (κ2) is 7.82. The molecule has 2 N–H and O–H groups in total. The molecule has 3 rings (SSSR count). The number of hydrogen-bond acceptors (Lipinski definition) is 7. The van der Waals surface area contributed by atoms with Crippen LogP contribution in [0.1, 0.15) is 0 Å². The molecule has 0 atom stereocenters. The number of nitrogens with two attached hydrogens (primary N) is 1. The van der Waals surface area contributed by atoms with Crippen LogP contribution in [0.3, 0.4) is 0 Å². The molecule has 1 heterocycles. The van der Waals surface area contributed by atoms with Gasteiger partial charge in [0.2, 0.25) is 10.0 Å². The average Bonchev–Trinajstić information content (AvgIpc) is 3.15. The number of primary sulfonamides is 1. The zero-order chi connectivity index (χ0) is 20.5. The van der Waals surface area contributed by atoms with Gasteiger partial charge in [-0.1, -0.05) is 21.1 Å². The lowest BCUT2D eigenvalue weighted by Crippen LogP contribution is -2.15. The summed E-state index contributed by atoms with van der Waals surface area (Å²) in [6, 6.07) is 10.2. The maximum Gasteiger partial charge on any atom is 0.245 e. The van der Waals surface area contributed by atoms with Crippen LogP contribution in [0.15, 0.2) is 50.3 Å². The Morgan fingerprint density at radius 2 is 1.64 bits per heavy atom. The summed E-state index contributed by atoms with van der Waals surface area (Å²) in [5.41, 5.74) is 1.42. The lowest BCUT2D eigenvalue weighted by Gasteiger charge is -2.14. The van der Waals surface area contributed by atoms with E-state index in [4.69, 9.17) is 23.9 Å². The van der Waals surface area contributed by atoms with Gasteiger partial charge >= 0.3 is 0 Å². The van der Waals surface area contributed by atoms with Crippen LogP contribution in [0.2, 0.25) is 0 Å². The molecule has 148 valence electrons. The Labute approximate surface area is 170 Å². The van der Waals surface area contributed by atoms with E-state index in [1.165, 1.54) is 20.3 Å². The molecule has 0 radical (unpaired) electrons. The van der Waals surface area contributed by atoms with Gasteiger partial charge in [-0.3, -0.25) is 0 Å². The predicted octanol–water partition coefficient (Wildman–Crippen LogP) is 3.44. The van der Waals surface area contributed by atoms with Crippen molar-refractivity contribution in [1.29, 1.82) is 0 Å². The molecule has 0 saturated heterocycles. The van der Waals surface area contributed by atoms with Crippen molar-refractivity contribution in [3.63, 3.8) is 0 Å². The van der Waals surface area contributed by atoms with Gasteiger partial charge in [-0.2, -0.15) is 0 Å². The normalized spacial score (nSPS) is 11.3. The van der Waals surface area contributed by atoms with E-state index >= 15 is 0 Å². The second-order valence-corrected chi connectivity index (χ2v) is 8.06. The molecule has 3 aromatic rings. The fourth-order valence-electron chi connectivity index (χ4n) is 2.78. The van der Waals surface area contributed by atoms with E-state index in [1.54, 1.807) is 25.3 Å². The number of sulfonamides is 1. The zero-order valence-electron chi connectivity index (χ0n) is 15.2. The Bertz CT molecular complexity index is 1130. The largest absolute Gasteiger partial charge is 0.496 e. The van der Waals surface area contributed by atoms with Crippen molar-refractivity contribution in [2.45, 2.75) is 4.90 Å². The van der Waals surface area contributed by atoms with E-state index in [0.717, 1.165) is 4.47 Å². The Kier molecular flexibility index (Phi) is 5.64. The fourth-order valence-corrected chi connectivity index (χ4v) is 4.03. The molecule has 28 heavy (non-hydrogen) atoms. The maximum absolute atomic E-state index is 12.1. The number of ether oxygens (including phenoxy) is 3. The Balaban J connectivity index is 2.19. The summed E-state index contributed by atoms with van der Waals surface area (Å²) < 4.78 is 46.3. The molecule has 0 aliphatic rings. The first-order valence-electron chi connectivity index (χ1n) is 7.89. The Morgan fingerprint density at radius 1 is 0.964 bits per heavy atom. The summed E-state index contributed by atoms with van der Waals surface area (Å²) in [7, 11) is 0.118. The highest BCUT2D eigenvalue weighted by atomic mass is 79.9. The molecule has 0 amide bonds. The van der Waals surface area contributed by atoms with Gasteiger partial charge in [0.05, 0.1) is 26.9 Å². The molecule has 0 bridgehead atoms. The van der Waals surface area contributed by atoms with Crippen LogP contribution in [0, 0.1) is 0 Å². The molecule has 10 heteroatoms. The van der Waals surface area contributed by atoms with E-state index < -0.39 is 10.0 Å². The number of hydrogen-bond donors (Lipinski definition) is 1. The molecule has 0 spiro atoms. The third kappa shape index (κ3) is 3.71. The predicted molar refractivity (Wildman–Crippen MR) is 106 cm³/mol. The molecular weight excluding hydrogens is 452 g/mol.